The largest absolute Gasteiger partial charge is 0.481 e. The van der Waals surface area contributed by atoms with Crippen molar-refractivity contribution < 1.29 is 14.7 Å². The summed E-state index contributed by atoms with van der Waals surface area (Å²) in [6, 6.07) is 0. The molecule has 0 bridgehead atoms. The number of nitrogens with zero attached hydrogens (tertiary/aromatic N) is 2. The summed E-state index contributed by atoms with van der Waals surface area (Å²) in [7, 11) is 0. The molecule has 1 aromatic heterocycles. The van der Waals surface area contributed by atoms with Gasteiger partial charge in [0.15, 0.2) is 0 Å². The Morgan fingerprint density at radius 2 is 2.18 bits per heavy atom. The number of carbonyl (C=O) groups is 2. The number of carboxylic acids is 1. The molecule has 2 rings (SSSR count). The molecule has 0 radical (unpaired) electrons. The van der Waals surface area contributed by atoms with Crippen LogP contribution < -0.4 is 0 Å². The number of aromatic nitrogens is 1. The highest BCUT2D eigenvalue weighted by atomic mass is 32.1. The van der Waals surface area contributed by atoms with Crippen molar-refractivity contribution in [3.05, 3.63) is 16.1 Å². The lowest BCUT2D eigenvalue weighted by molar-refractivity contribution is -0.137. The van der Waals surface area contributed by atoms with Crippen molar-refractivity contribution in [1.29, 1.82) is 0 Å². The Morgan fingerprint density at radius 3 is 2.77 bits per heavy atom. The van der Waals surface area contributed by atoms with Gasteiger partial charge in [-0.05, 0) is 25.2 Å². The molecule has 22 heavy (non-hydrogen) atoms. The zero-order valence-electron chi connectivity index (χ0n) is 13.5. The van der Waals surface area contributed by atoms with Crippen molar-refractivity contribution in [3.8, 4) is 0 Å². The predicted molar refractivity (Wildman–Crippen MR) is 86.3 cm³/mol. The van der Waals surface area contributed by atoms with E-state index in [9.17, 15) is 9.59 Å². The van der Waals surface area contributed by atoms with Crippen molar-refractivity contribution in [2.24, 2.45) is 5.92 Å². The predicted octanol–water partition coefficient (Wildman–Crippen LogP) is 3.16. The molecule has 1 fully saturated rings. The Kier molecular flexibility index (Phi) is 5.21. The van der Waals surface area contributed by atoms with Crippen LogP contribution in [0.25, 0.3) is 0 Å². The van der Waals surface area contributed by atoms with Gasteiger partial charge in [0.2, 0.25) is 0 Å². The minimum Gasteiger partial charge on any atom is -0.481 e. The lowest BCUT2D eigenvalue weighted by atomic mass is 9.93. The lowest BCUT2D eigenvalue weighted by Crippen LogP contribution is -2.39. The molecule has 1 saturated heterocycles. The van der Waals surface area contributed by atoms with Gasteiger partial charge in [0, 0.05) is 24.9 Å². The van der Waals surface area contributed by atoms with Gasteiger partial charge >= 0.3 is 5.97 Å². The standard InChI is InChI=1S/C16H24N2O3S/c1-16(2,3)15-17-9-12(22-15)14(21)18-8-4-5-11(10-18)6-7-13(19)20/h9,11H,4-8,10H2,1-3H3,(H,19,20)/t11-/m0/s1. The quantitative estimate of drug-likeness (QED) is 0.923. The highest BCUT2D eigenvalue weighted by Crippen LogP contribution is 2.29. The summed E-state index contributed by atoms with van der Waals surface area (Å²) in [6.07, 6.45) is 4.46. The van der Waals surface area contributed by atoms with Crippen LogP contribution in [0.3, 0.4) is 0 Å². The molecule has 0 unspecified atom stereocenters. The third-order valence-corrected chi connectivity index (χ3v) is 5.34. The number of amides is 1. The summed E-state index contributed by atoms with van der Waals surface area (Å²) >= 11 is 1.46. The molecule has 1 aliphatic heterocycles. The molecule has 0 aliphatic carbocycles. The normalized spacial score (nSPS) is 19.2. The van der Waals surface area contributed by atoms with Crippen LogP contribution in [0.15, 0.2) is 6.20 Å². The maximum atomic E-state index is 12.6. The Bertz CT molecular complexity index is 548. The summed E-state index contributed by atoms with van der Waals surface area (Å²) < 4.78 is 0. The fourth-order valence-corrected chi connectivity index (χ4v) is 3.63. The second-order valence-corrected chi connectivity index (χ2v) is 8.00. The third-order valence-electron chi connectivity index (χ3n) is 3.93. The van der Waals surface area contributed by atoms with Crippen molar-refractivity contribution in [2.75, 3.05) is 13.1 Å². The Balaban J connectivity index is 1.99. The molecule has 0 saturated carbocycles. The first kappa shape index (κ1) is 16.9. The number of hydrogen-bond acceptors (Lipinski definition) is 4. The molecule has 1 aliphatic rings. The molecule has 6 heteroatoms. The average molecular weight is 324 g/mol. The number of aliphatic carboxylic acids is 1. The van der Waals surface area contributed by atoms with Gasteiger partial charge in [0.1, 0.15) is 4.88 Å². The number of thiazole rings is 1. The molecule has 0 aromatic carbocycles. The summed E-state index contributed by atoms with van der Waals surface area (Å²) in [5.41, 5.74) is -0.0465. The maximum absolute atomic E-state index is 12.6. The highest BCUT2D eigenvalue weighted by Gasteiger charge is 2.27. The van der Waals surface area contributed by atoms with Crippen LogP contribution in [0.4, 0.5) is 0 Å². The minimum atomic E-state index is -0.763. The molecule has 1 amide bonds. The molecular weight excluding hydrogens is 300 g/mol. The van der Waals surface area contributed by atoms with Gasteiger partial charge in [0.25, 0.3) is 5.91 Å². The number of likely N-dealkylation sites (tertiary alicyclic amines) is 1. The molecule has 1 atom stereocenters. The van der Waals surface area contributed by atoms with Crippen molar-refractivity contribution in [2.45, 2.75) is 51.9 Å². The summed E-state index contributed by atoms with van der Waals surface area (Å²) in [6.45, 7) is 7.68. The van der Waals surface area contributed by atoms with E-state index in [1.54, 1.807) is 6.20 Å². The zero-order valence-corrected chi connectivity index (χ0v) is 14.3. The van der Waals surface area contributed by atoms with E-state index in [1.807, 2.05) is 4.90 Å². The van der Waals surface area contributed by atoms with Gasteiger partial charge in [-0.3, -0.25) is 9.59 Å². The van der Waals surface area contributed by atoms with Crippen LogP contribution >= 0.6 is 11.3 Å². The SMILES string of the molecule is CC(C)(C)c1ncc(C(=O)N2CCC[C@@H](CCC(=O)O)C2)s1. The van der Waals surface area contributed by atoms with E-state index >= 15 is 0 Å². The van der Waals surface area contributed by atoms with Crippen LogP contribution in [0.1, 0.15) is 61.1 Å². The van der Waals surface area contributed by atoms with Crippen LogP contribution in [0, 0.1) is 5.92 Å². The van der Waals surface area contributed by atoms with E-state index in [1.165, 1.54) is 11.3 Å². The number of rotatable bonds is 4. The van der Waals surface area contributed by atoms with E-state index in [0.717, 1.165) is 24.4 Å². The maximum Gasteiger partial charge on any atom is 0.303 e. The molecule has 2 heterocycles. The van der Waals surface area contributed by atoms with Crippen LogP contribution in [-0.2, 0) is 10.2 Å². The number of piperidine rings is 1. The topological polar surface area (TPSA) is 70.5 Å². The molecule has 0 spiro atoms. The van der Waals surface area contributed by atoms with Gasteiger partial charge in [-0.25, -0.2) is 4.98 Å². The van der Waals surface area contributed by atoms with Gasteiger partial charge in [-0.15, -0.1) is 11.3 Å². The third kappa shape index (κ3) is 4.29. The van der Waals surface area contributed by atoms with Gasteiger partial charge < -0.3 is 10.0 Å². The van der Waals surface area contributed by atoms with Crippen molar-refractivity contribution in [3.63, 3.8) is 0 Å². The van der Waals surface area contributed by atoms with Gasteiger partial charge in [0.05, 0.1) is 11.2 Å². The fourth-order valence-electron chi connectivity index (χ4n) is 2.69. The minimum absolute atomic E-state index is 0.0352. The monoisotopic (exact) mass is 324 g/mol. The second-order valence-electron chi connectivity index (χ2n) is 6.97. The number of hydrogen-bond donors (Lipinski definition) is 1. The first-order chi connectivity index (χ1) is 10.3. The van der Waals surface area contributed by atoms with Crippen LogP contribution in [0.5, 0.6) is 0 Å². The molecular formula is C16H24N2O3S. The lowest BCUT2D eigenvalue weighted by Gasteiger charge is -2.32. The summed E-state index contributed by atoms with van der Waals surface area (Å²) in [4.78, 5) is 30.2. The molecule has 122 valence electrons. The van der Waals surface area contributed by atoms with E-state index in [4.69, 9.17) is 5.11 Å². The highest BCUT2D eigenvalue weighted by molar-refractivity contribution is 7.13. The second kappa shape index (κ2) is 6.77. The van der Waals surface area contributed by atoms with Gasteiger partial charge in [-0.1, -0.05) is 20.8 Å². The zero-order chi connectivity index (χ0) is 16.3. The van der Waals surface area contributed by atoms with Crippen molar-refractivity contribution in [1.82, 2.24) is 9.88 Å². The Labute approximate surface area is 135 Å². The first-order valence-electron chi connectivity index (χ1n) is 7.74. The smallest absolute Gasteiger partial charge is 0.303 e. The van der Waals surface area contributed by atoms with Crippen LogP contribution in [-0.4, -0.2) is 40.0 Å². The van der Waals surface area contributed by atoms with E-state index in [0.29, 0.717) is 23.8 Å². The Hall–Kier alpha value is -1.43. The van der Waals surface area contributed by atoms with Crippen molar-refractivity contribution >= 4 is 23.2 Å². The molecule has 5 nitrogen and oxygen atoms in total. The fraction of sp³-hybridized carbons (Fsp3) is 0.688. The Morgan fingerprint density at radius 1 is 1.45 bits per heavy atom. The van der Waals surface area contributed by atoms with Crippen LogP contribution in [0.2, 0.25) is 0 Å². The van der Waals surface area contributed by atoms with E-state index in [-0.39, 0.29) is 17.7 Å². The number of carbonyl (C=O) groups excluding carboxylic acids is 1. The summed E-state index contributed by atoms with van der Waals surface area (Å²) in [5, 5.41) is 9.76. The number of carboxylic acid groups (broad SMARTS) is 1. The average Bonchev–Trinajstić information content (AvgIpc) is 2.94. The van der Waals surface area contributed by atoms with E-state index in [2.05, 4.69) is 25.8 Å². The molecule has 1 aromatic rings. The summed E-state index contributed by atoms with van der Waals surface area (Å²) in [5.74, 6) is -0.433. The first-order valence-corrected chi connectivity index (χ1v) is 8.56. The van der Waals surface area contributed by atoms with Gasteiger partial charge in [-0.2, -0.15) is 0 Å². The van der Waals surface area contributed by atoms with E-state index < -0.39 is 5.97 Å². The molecule has 1 N–H and O–H groups in total.